The van der Waals surface area contributed by atoms with Crippen molar-refractivity contribution in [2.75, 3.05) is 6.61 Å². The molecule has 1 aliphatic heterocycles. The second-order valence-electron chi connectivity index (χ2n) is 8.84. The van der Waals surface area contributed by atoms with Crippen molar-refractivity contribution >= 4 is 5.78 Å². The lowest BCUT2D eigenvalue weighted by atomic mass is 9.57. The summed E-state index contributed by atoms with van der Waals surface area (Å²) in [6.07, 6.45) is -2.27. The normalized spacial score (nSPS) is 46.1. The minimum absolute atomic E-state index is 0.0211. The molecule has 0 aromatic carbocycles. The van der Waals surface area contributed by atoms with Crippen molar-refractivity contribution in [1.82, 2.24) is 0 Å². The van der Waals surface area contributed by atoms with Crippen LogP contribution >= 0.6 is 0 Å². The van der Waals surface area contributed by atoms with Crippen molar-refractivity contribution < 1.29 is 39.8 Å². The number of fused-ring (bicyclic) bond motifs is 1. The number of aliphatic hydroxyl groups is 5. The molecular formula is C21H32O8. The molecule has 0 aromatic rings. The third-order valence-electron chi connectivity index (χ3n) is 7.10. The van der Waals surface area contributed by atoms with Crippen molar-refractivity contribution in [3.05, 3.63) is 23.5 Å². The predicted molar refractivity (Wildman–Crippen MR) is 102 cm³/mol. The fourth-order valence-electron chi connectivity index (χ4n) is 4.73. The number of hydrogen-bond acceptors (Lipinski definition) is 8. The smallest absolute Gasteiger partial charge is 0.228 e. The zero-order chi connectivity index (χ0) is 21.5. The number of hydrogen-bond donors (Lipinski definition) is 5. The molecule has 8 heteroatoms. The quantitative estimate of drug-likeness (QED) is 0.408. The lowest BCUT2D eigenvalue weighted by molar-refractivity contribution is -0.288. The van der Waals surface area contributed by atoms with Gasteiger partial charge in [-0.25, -0.2) is 0 Å². The van der Waals surface area contributed by atoms with Gasteiger partial charge in [0, 0.05) is 5.92 Å². The molecule has 0 amide bonds. The molecule has 164 valence electrons. The first-order valence-electron chi connectivity index (χ1n) is 10.2. The first kappa shape index (κ1) is 22.4. The molecule has 5 N–H and O–H groups in total. The molecule has 0 bridgehead atoms. The Kier molecular flexibility index (Phi) is 6.53. The first-order valence-corrected chi connectivity index (χ1v) is 10.2. The lowest BCUT2D eigenvalue weighted by Crippen LogP contribution is -2.58. The molecule has 3 rings (SSSR count). The van der Waals surface area contributed by atoms with Crippen LogP contribution in [-0.2, 0) is 14.3 Å². The highest BCUT2D eigenvalue weighted by molar-refractivity contribution is 5.95. The monoisotopic (exact) mass is 412 g/mol. The van der Waals surface area contributed by atoms with Gasteiger partial charge in [0.1, 0.15) is 24.4 Å². The van der Waals surface area contributed by atoms with Crippen LogP contribution in [0.3, 0.4) is 0 Å². The molecule has 0 radical (unpaired) electrons. The highest BCUT2D eigenvalue weighted by atomic mass is 16.7. The summed E-state index contributed by atoms with van der Waals surface area (Å²) in [5, 5.41) is 49.4. The van der Waals surface area contributed by atoms with Crippen LogP contribution in [0.2, 0.25) is 0 Å². The Balaban J connectivity index is 1.74. The lowest BCUT2D eigenvalue weighted by Gasteiger charge is -2.48. The molecule has 1 saturated heterocycles. The SMILES string of the molecule is CC(=CO[C@@H]1O[C@H](CO)[C@@H](O)[C@H](O)[C@H]1O)[C@@H]1C[C@@]2(C)C(=CC1=O)CC[C@H](O)[C@@H]2C. The van der Waals surface area contributed by atoms with Crippen molar-refractivity contribution in [3.8, 4) is 0 Å². The van der Waals surface area contributed by atoms with E-state index in [0.717, 1.165) is 5.57 Å². The maximum absolute atomic E-state index is 12.7. The van der Waals surface area contributed by atoms with E-state index < -0.39 is 49.3 Å². The summed E-state index contributed by atoms with van der Waals surface area (Å²) in [7, 11) is 0. The molecule has 1 saturated carbocycles. The van der Waals surface area contributed by atoms with Gasteiger partial charge in [-0.3, -0.25) is 4.79 Å². The van der Waals surface area contributed by atoms with E-state index in [1.54, 1.807) is 13.0 Å². The summed E-state index contributed by atoms with van der Waals surface area (Å²) in [6.45, 7) is 5.30. The molecule has 29 heavy (non-hydrogen) atoms. The van der Waals surface area contributed by atoms with Gasteiger partial charge in [-0.15, -0.1) is 0 Å². The fourth-order valence-corrected chi connectivity index (χ4v) is 4.73. The number of rotatable bonds is 4. The molecule has 2 fully saturated rings. The Morgan fingerprint density at radius 3 is 2.62 bits per heavy atom. The van der Waals surface area contributed by atoms with Crippen LogP contribution in [0.1, 0.15) is 40.0 Å². The van der Waals surface area contributed by atoms with Crippen molar-refractivity contribution in [2.24, 2.45) is 17.3 Å². The van der Waals surface area contributed by atoms with Crippen LogP contribution in [0.15, 0.2) is 23.5 Å². The molecule has 0 spiro atoms. The summed E-state index contributed by atoms with van der Waals surface area (Å²) in [5.41, 5.74) is 1.43. The molecular weight excluding hydrogens is 380 g/mol. The molecule has 0 unspecified atom stereocenters. The van der Waals surface area contributed by atoms with Gasteiger partial charge in [0.25, 0.3) is 0 Å². The van der Waals surface area contributed by atoms with Gasteiger partial charge in [0.05, 0.1) is 19.0 Å². The summed E-state index contributed by atoms with van der Waals surface area (Å²) < 4.78 is 10.8. The third kappa shape index (κ3) is 4.02. The number of aliphatic hydroxyl groups excluding tert-OH is 5. The zero-order valence-corrected chi connectivity index (χ0v) is 17.1. The third-order valence-corrected chi connectivity index (χ3v) is 7.10. The Labute approximate surface area is 170 Å². The highest BCUT2D eigenvalue weighted by Crippen LogP contribution is 2.52. The number of allylic oxidation sites excluding steroid dienone is 3. The largest absolute Gasteiger partial charge is 0.470 e. The van der Waals surface area contributed by atoms with Gasteiger partial charge in [-0.2, -0.15) is 0 Å². The average Bonchev–Trinajstić information content (AvgIpc) is 2.70. The van der Waals surface area contributed by atoms with Gasteiger partial charge >= 0.3 is 0 Å². The Bertz CT molecular complexity index is 686. The average molecular weight is 412 g/mol. The number of ketones is 1. The number of carbonyl (C=O) groups excluding carboxylic acids is 1. The molecule has 2 aliphatic carbocycles. The van der Waals surface area contributed by atoms with Gasteiger partial charge in [-0.05, 0) is 49.2 Å². The van der Waals surface area contributed by atoms with E-state index in [0.29, 0.717) is 24.8 Å². The van der Waals surface area contributed by atoms with Crippen molar-refractivity contribution in [1.29, 1.82) is 0 Å². The van der Waals surface area contributed by atoms with Crippen LogP contribution < -0.4 is 0 Å². The maximum atomic E-state index is 12.7. The molecule has 1 heterocycles. The minimum Gasteiger partial charge on any atom is -0.470 e. The van der Waals surface area contributed by atoms with Crippen LogP contribution in [0.5, 0.6) is 0 Å². The first-order chi connectivity index (χ1) is 13.6. The number of ether oxygens (including phenoxy) is 2. The number of carbonyl (C=O) groups is 1. The predicted octanol–water partition coefficient (Wildman–Crippen LogP) is 0.0192. The standard InChI is InChI=1S/C21H32O8/c1-10(9-28-20-19(27)18(26)17(25)16(8-22)29-20)13-7-21(3)11(2)14(23)5-4-12(21)6-15(13)24/h6,9,11,13-14,16-20,22-23,25-27H,4-5,7-8H2,1-3H3/t11-,13-,14-,16+,17+,18-,19+,20+,21+/m0/s1. The summed E-state index contributed by atoms with van der Waals surface area (Å²) >= 11 is 0. The van der Waals surface area contributed by atoms with E-state index in [2.05, 4.69) is 6.92 Å². The van der Waals surface area contributed by atoms with Crippen LogP contribution in [0.4, 0.5) is 0 Å². The van der Waals surface area contributed by atoms with Crippen molar-refractivity contribution in [2.45, 2.75) is 76.8 Å². The maximum Gasteiger partial charge on any atom is 0.228 e. The molecule has 0 aromatic heterocycles. The van der Waals surface area contributed by atoms with Crippen LogP contribution in [-0.4, -0.2) is 74.7 Å². The summed E-state index contributed by atoms with van der Waals surface area (Å²) in [5.74, 6) is -0.425. The van der Waals surface area contributed by atoms with Gasteiger partial charge in [0.15, 0.2) is 5.78 Å². The van der Waals surface area contributed by atoms with E-state index in [9.17, 15) is 30.3 Å². The Morgan fingerprint density at radius 1 is 1.28 bits per heavy atom. The van der Waals surface area contributed by atoms with E-state index in [4.69, 9.17) is 9.47 Å². The molecule has 8 nitrogen and oxygen atoms in total. The van der Waals surface area contributed by atoms with E-state index in [1.165, 1.54) is 6.26 Å². The van der Waals surface area contributed by atoms with E-state index >= 15 is 0 Å². The van der Waals surface area contributed by atoms with Crippen LogP contribution in [0, 0.1) is 17.3 Å². The molecule has 9 atom stereocenters. The molecule has 3 aliphatic rings. The van der Waals surface area contributed by atoms with Gasteiger partial charge < -0.3 is 35.0 Å². The highest BCUT2D eigenvalue weighted by Gasteiger charge is 2.48. The Morgan fingerprint density at radius 2 is 1.97 bits per heavy atom. The fraction of sp³-hybridized carbons (Fsp3) is 0.762. The van der Waals surface area contributed by atoms with Gasteiger partial charge in [-0.1, -0.05) is 19.4 Å². The van der Waals surface area contributed by atoms with E-state index in [-0.39, 0.29) is 17.1 Å². The van der Waals surface area contributed by atoms with Crippen LogP contribution in [0.25, 0.3) is 0 Å². The summed E-state index contributed by atoms with van der Waals surface area (Å²) in [6, 6.07) is 0. The topological polar surface area (TPSA) is 137 Å². The van der Waals surface area contributed by atoms with E-state index in [1.807, 2.05) is 6.92 Å². The summed E-state index contributed by atoms with van der Waals surface area (Å²) in [4.78, 5) is 12.7. The zero-order valence-electron chi connectivity index (χ0n) is 17.1. The van der Waals surface area contributed by atoms with Crippen molar-refractivity contribution in [3.63, 3.8) is 0 Å². The second kappa shape index (κ2) is 8.45. The second-order valence-corrected chi connectivity index (χ2v) is 8.84. The van der Waals surface area contributed by atoms with Gasteiger partial charge in [0.2, 0.25) is 6.29 Å². The Hall–Kier alpha value is -1.29. The minimum atomic E-state index is -1.52.